The van der Waals surface area contributed by atoms with Crippen molar-refractivity contribution in [3.8, 4) is 5.75 Å². The van der Waals surface area contributed by atoms with Crippen LogP contribution in [0.3, 0.4) is 0 Å². The van der Waals surface area contributed by atoms with Crippen molar-refractivity contribution in [3.63, 3.8) is 0 Å². The first-order valence-corrected chi connectivity index (χ1v) is 24.7. The molecule has 0 radical (unpaired) electrons. The second-order valence-electron chi connectivity index (χ2n) is 20.8. The lowest BCUT2D eigenvalue weighted by Gasteiger charge is -2.41. The minimum Gasteiger partial charge on any atom is -0.497 e. The lowest BCUT2D eigenvalue weighted by atomic mass is 9.76. The van der Waals surface area contributed by atoms with Crippen LogP contribution < -0.4 is 15.0 Å². The first-order chi connectivity index (χ1) is 32.1. The van der Waals surface area contributed by atoms with E-state index in [0.717, 1.165) is 82.6 Å². The molecule has 10 atom stereocenters. The van der Waals surface area contributed by atoms with Crippen LogP contribution in [0.5, 0.6) is 5.75 Å². The van der Waals surface area contributed by atoms with Crippen molar-refractivity contribution in [3.05, 3.63) is 106 Å². The number of hydrogen-bond acceptors (Lipinski definition) is 9. The summed E-state index contributed by atoms with van der Waals surface area (Å²) in [5.74, 6) is 2.14. The molecule has 0 bridgehead atoms. The maximum Gasteiger partial charge on any atom is 0.373 e. The Morgan fingerprint density at radius 3 is 1.93 bits per heavy atom. The highest BCUT2D eigenvalue weighted by atomic mass is 16.5. The Morgan fingerprint density at radius 1 is 0.791 bits per heavy atom. The van der Waals surface area contributed by atoms with Crippen LogP contribution in [0, 0.1) is 49.4 Å². The number of methoxy groups -OCH3 is 1. The third-order valence-electron chi connectivity index (χ3n) is 16.9. The molecule has 5 aliphatic heterocycles. The van der Waals surface area contributed by atoms with Gasteiger partial charge >= 0.3 is 6.15 Å². The van der Waals surface area contributed by atoms with Crippen molar-refractivity contribution in [2.75, 3.05) is 51.3 Å². The third-order valence-corrected chi connectivity index (χ3v) is 16.9. The topological polar surface area (TPSA) is 140 Å². The lowest BCUT2D eigenvalue weighted by molar-refractivity contribution is -0.191. The van der Waals surface area contributed by atoms with Gasteiger partial charge in [-0.05, 0) is 119 Å². The fourth-order valence-electron chi connectivity index (χ4n) is 14.0. The highest BCUT2D eigenvalue weighted by molar-refractivity contribution is 5.87. The number of piperazine rings is 1. The number of anilines is 1. The fraction of sp³-hybridized carbons (Fsp3) is 0.564. The van der Waals surface area contributed by atoms with Gasteiger partial charge in [-0.1, -0.05) is 74.0 Å². The molecule has 3 saturated heterocycles. The molecule has 2 aliphatic carbocycles. The molecule has 0 aromatic heterocycles. The van der Waals surface area contributed by atoms with Crippen molar-refractivity contribution >= 4 is 29.6 Å². The zero-order valence-corrected chi connectivity index (χ0v) is 40.7. The molecule has 5 heterocycles. The van der Waals surface area contributed by atoms with E-state index in [1.165, 1.54) is 39.1 Å². The van der Waals surface area contributed by atoms with E-state index in [9.17, 15) is 19.5 Å². The molecular formula is C55H71N5O7. The summed E-state index contributed by atoms with van der Waals surface area (Å²) in [4.78, 5) is 66.0. The number of rotatable bonds is 6. The molecule has 2 unspecified atom stereocenters. The van der Waals surface area contributed by atoms with Gasteiger partial charge in [0, 0.05) is 86.8 Å². The summed E-state index contributed by atoms with van der Waals surface area (Å²) in [5, 5.41) is 12.9. The van der Waals surface area contributed by atoms with Crippen molar-refractivity contribution < 1.29 is 33.8 Å². The quantitative estimate of drug-likeness (QED) is 0.270. The smallest absolute Gasteiger partial charge is 0.373 e. The third kappa shape index (κ3) is 8.47. The molecule has 12 nitrogen and oxygen atoms in total. The Balaban J connectivity index is 0.000000177. The predicted octanol–water partition coefficient (Wildman–Crippen LogP) is 6.93. The maximum absolute atomic E-state index is 14.1. The lowest BCUT2D eigenvalue weighted by Crippen LogP contribution is -2.52. The number of allylic oxidation sites excluding steroid dienone is 1. The summed E-state index contributed by atoms with van der Waals surface area (Å²) in [7, 11) is 1.69. The predicted molar refractivity (Wildman–Crippen MR) is 257 cm³/mol. The molecule has 67 heavy (non-hydrogen) atoms. The Hall–Kier alpha value is -5.45. The number of amides is 3. The number of fused-ring (bicyclic) bond motifs is 2. The zero-order chi connectivity index (χ0) is 47.9. The van der Waals surface area contributed by atoms with E-state index < -0.39 is 6.10 Å². The molecule has 358 valence electrons. The number of nitrogens with one attached hydrogen (secondary N) is 1. The molecule has 3 aromatic rings. The molecule has 3 aromatic carbocycles. The number of hydrogen-bond donors (Lipinski definition) is 2. The average molecular weight is 914 g/mol. The standard InChI is InChI=1S/C30H37N3O3.C24H34N2O2.CO2/c1-20-9-10-25-22(16-20)6-5-11-33-27(34)18-26-28(21(2)19-30(25,26)33)29(35)32-14-12-31(13-15-32)23-7-4-8-24(17-23)36-3;1-14-8-9-20-19(11-14)7-6-10-26-16(3)12-21-22(15(2)13-24(20,21)26)23(28)25-17(4)18(5)27;2-1-3/h4,7-10,16-17,21,26,28H,5-6,11-15,18-19H2,1-3H3;8-9,11,15,17-18,21-22,27H,3,6-7,10,12-13H2,1-2,4-5H3,(H,25,28);/t21-,26-,28+,30?;15-,17+,18+,21-,22+,24?;/m00./s1. The number of aliphatic hydroxyl groups is 1. The Labute approximate surface area is 397 Å². The normalized spacial score (nSPS) is 30.0. The Kier molecular flexibility index (Phi) is 13.8. The van der Waals surface area contributed by atoms with E-state index in [4.69, 9.17) is 14.3 Å². The molecule has 2 N–H and O–H groups in total. The zero-order valence-electron chi connectivity index (χ0n) is 40.7. The van der Waals surface area contributed by atoms with E-state index in [1.807, 2.05) is 19.1 Å². The number of aliphatic hydroxyl groups excluding tert-OH is 1. The minimum atomic E-state index is -0.550. The van der Waals surface area contributed by atoms with E-state index in [2.05, 4.69) is 108 Å². The molecule has 2 spiro atoms. The maximum atomic E-state index is 14.1. The molecular weight excluding hydrogens is 843 g/mol. The average Bonchev–Trinajstić information content (AvgIpc) is 3.85. The largest absolute Gasteiger partial charge is 0.497 e. The molecule has 3 amide bonds. The van der Waals surface area contributed by atoms with E-state index in [-0.39, 0.29) is 70.6 Å². The summed E-state index contributed by atoms with van der Waals surface area (Å²) >= 11 is 0. The number of carbonyl (C=O) groups is 3. The van der Waals surface area contributed by atoms with Gasteiger partial charge in [0.2, 0.25) is 17.7 Å². The van der Waals surface area contributed by atoms with E-state index >= 15 is 0 Å². The van der Waals surface area contributed by atoms with Gasteiger partial charge < -0.3 is 34.8 Å². The minimum absolute atomic E-state index is 0.0461. The number of benzene rings is 3. The number of aryl methyl sites for hydroxylation is 4. The molecule has 10 rings (SSSR count). The first kappa shape index (κ1) is 48.0. The molecule has 7 aliphatic rings. The first-order valence-electron chi connectivity index (χ1n) is 24.7. The van der Waals surface area contributed by atoms with Gasteiger partial charge in [0.15, 0.2) is 0 Å². The second-order valence-corrected chi connectivity index (χ2v) is 20.8. The van der Waals surface area contributed by atoms with Crippen LogP contribution in [-0.2, 0) is 47.9 Å². The number of ether oxygens (including phenoxy) is 1. The summed E-state index contributed by atoms with van der Waals surface area (Å²) in [6.45, 7) is 21.7. The van der Waals surface area contributed by atoms with Crippen molar-refractivity contribution in [1.29, 1.82) is 0 Å². The van der Waals surface area contributed by atoms with E-state index in [1.54, 1.807) is 14.0 Å². The molecule has 12 heteroatoms. The van der Waals surface area contributed by atoms with Crippen LogP contribution in [0.25, 0.3) is 0 Å². The monoisotopic (exact) mass is 914 g/mol. The van der Waals surface area contributed by atoms with Crippen molar-refractivity contribution in [2.45, 2.75) is 116 Å². The van der Waals surface area contributed by atoms with Gasteiger partial charge in [-0.15, -0.1) is 0 Å². The number of nitrogens with zero attached hydrogens (tertiary/aromatic N) is 4. The second kappa shape index (κ2) is 19.3. The van der Waals surface area contributed by atoms with E-state index in [0.29, 0.717) is 25.4 Å². The SMILES string of the molecule is C=C1C[C@H]2[C@H](C(=O)N[C@H](C)[C@@H](C)O)[C@@H](C)CC23c2ccc(C)cc2CCCN13.COc1cccc(N2CCN(C(=O)[C@@H]3[C@@H](C)CC45c6ccc(C)cc6CCCN4C(=O)C[C@@H]35)CC2)c1.O=C=O. The Morgan fingerprint density at radius 2 is 1.34 bits per heavy atom. The van der Waals surface area contributed by atoms with Crippen molar-refractivity contribution in [1.82, 2.24) is 20.0 Å². The van der Waals surface area contributed by atoms with Crippen molar-refractivity contribution in [2.24, 2.45) is 35.5 Å². The van der Waals surface area contributed by atoms with Gasteiger partial charge in [0.05, 0.1) is 30.3 Å². The highest BCUT2D eigenvalue weighted by Gasteiger charge is 2.65. The molecule has 5 fully saturated rings. The fourth-order valence-corrected chi connectivity index (χ4v) is 14.0. The van der Waals surface area contributed by atoms with Gasteiger partial charge in [0.1, 0.15) is 5.75 Å². The van der Waals surface area contributed by atoms with Crippen LogP contribution in [0.15, 0.2) is 72.9 Å². The number of carbonyl (C=O) groups excluding carboxylic acids is 5. The Bertz CT molecular complexity index is 2400. The summed E-state index contributed by atoms with van der Waals surface area (Å²) < 4.78 is 5.39. The van der Waals surface area contributed by atoms with Crippen LogP contribution in [0.1, 0.15) is 99.6 Å². The van der Waals surface area contributed by atoms with Crippen LogP contribution in [0.4, 0.5) is 5.69 Å². The van der Waals surface area contributed by atoms with Gasteiger partial charge in [-0.3, -0.25) is 14.4 Å². The highest BCUT2D eigenvalue weighted by Crippen LogP contribution is 2.63. The van der Waals surface area contributed by atoms with Crippen LogP contribution in [-0.4, -0.2) is 102 Å². The summed E-state index contributed by atoms with van der Waals surface area (Å²) in [6, 6.07) is 21.6. The van der Waals surface area contributed by atoms with Gasteiger partial charge in [-0.2, -0.15) is 9.59 Å². The summed E-state index contributed by atoms with van der Waals surface area (Å²) in [5.41, 5.74) is 10.0. The van der Waals surface area contributed by atoms with Gasteiger partial charge in [0.25, 0.3) is 0 Å². The van der Waals surface area contributed by atoms with Crippen LogP contribution in [0.2, 0.25) is 0 Å². The molecule has 2 saturated carbocycles. The van der Waals surface area contributed by atoms with Crippen LogP contribution >= 0.6 is 0 Å². The summed E-state index contributed by atoms with van der Waals surface area (Å²) in [6.07, 6.45) is 7.20. The van der Waals surface area contributed by atoms with Gasteiger partial charge in [-0.25, -0.2) is 0 Å².